The van der Waals surface area contributed by atoms with Gasteiger partial charge in [0, 0.05) is 23.5 Å². The second-order valence-corrected chi connectivity index (χ2v) is 7.59. The van der Waals surface area contributed by atoms with E-state index in [9.17, 15) is 9.59 Å². The summed E-state index contributed by atoms with van der Waals surface area (Å²) in [7, 11) is 1.60. The number of carbonyl (C=O) groups is 2. The van der Waals surface area contributed by atoms with Crippen LogP contribution in [-0.4, -0.2) is 45.2 Å². The molecule has 29 heavy (non-hydrogen) atoms. The topological polar surface area (TPSA) is 71.9 Å². The SMILES string of the molecule is COCC[NH+](CC(=O)Nc1ccc(Cl)cc1C)CC(=O)Nc1cccc(C)c1C. The highest BCUT2D eigenvalue weighted by Crippen LogP contribution is 2.19. The number of methoxy groups -OCH3 is 1. The van der Waals surface area contributed by atoms with Gasteiger partial charge in [-0.05, 0) is 61.7 Å². The zero-order valence-electron chi connectivity index (χ0n) is 17.4. The molecule has 0 radical (unpaired) electrons. The first-order valence-electron chi connectivity index (χ1n) is 9.54. The molecule has 2 rings (SSSR count). The molecule has 0 saturated carbocycles. The molecule has 0 spiro atoms. The van der Waals surface area contributed by atoms with E-state index in [4.69, 9.17) is 16.3 Å². The summed E-state index contributed by atoms with van der Waals surface area (Å²) in [5.41, 5.74) is 4.55. The Morgan fingerprint density at radius 2 is 1.62 bits per heavy atom. The fourth-order valence-electron chi connectivity index (χ4n) is 2.98. The fraction of sp³-hybridized carbons (Fsp3) is 0.364. The van der Waals surface area contributed by atoms with Crippen molar-refractivity contribution in [3.8, 4) is 0 Å². The Morgan fingerprint density at radius 1 is 0.966 bits per heavy atom. The summed E-state index contributed by atoms with van der Waals surface area (Å²) in [5, 5.41) is 6.46. The third-order valence-electron chi connectivity index (χ3n) is 4.82. The molecule has 1 atom stereocenters. The van der Waals surface area contributed by atoms with Crippen LogP contribution in [0, 0.1) is 20.8 Å². The Hall–Kier alpha value is -2.41. The molecule has 6 nitrogen and oxygen atoms in total. The molecule has 2 aromatic carbocycles. The highest BCUT2D eigenvalue weighted by Gasteiger charge is 2.19. The average molecular weight is 419 g/mol. The molecule has 0 bridgehead atoms. The van der Waals surface area contributed by atoms with E-state index in [0.717, 1.165) is 27.3 Å². The van der Waals surface area contributed by atoms with Crippen molar-refractivity contribution in [3.63, 3.8) is 0 Å². The molecule has 2 amide bonds. The van der Waals surface area contributed by atoms with Gasteiger partial charge in [0.2, 0.25) is 0 Å². The summed E-state index contributed by atoms with van der Waals surface area (Å²) >= 11 is 5.96. The third kappa shape index (κ3) is 7.16. The molecule has 0 aliphatic carbocycles. The van der Waals surface area contributed by atoms with E-state index in [2.05, 4.69) is 10.6 Å². The maximum absolute atomic E-state index is 12.6. The minimum atomic E-state index is -0.166. The minimum Gasteiger partial charge on any atom is -0.379 e. The molecule has 156 valence electrons. The number of amides is 2. The molecule has 0 saturated heterocycles. The maximum Gasteiger partial charge on any atom is 0.279 e. The third-order valence-corrected chi connectivity index (χ3v) is 5.06. The lowest BCUT2D eigenvalue weighted by Crippen LogP contribution is -3.14. The maximum atomic E-state index is 12.6. The van der Waals surface area contributed by atoms with Crippen LogP contribution in [0.2, 0.25) is 5.02 Å². The smallest absolute Gasteiger partial charge is 0.279 e. The van der Waals surface area contributed by atoms with Gasteiger partial charge in [-0.15, -0.1) is 0 Å². The molecule has 0 aliphatic heterocycles. The van der Waals surface area contributed by atoms with Gasteiger partial charge in [0.25, 0.3) is 11.8 Å². The first kappa shape index (κ1) is 22.9. The average Bonchev–Trinajstić information content (AvgIpc) is 2.65. The Morgan fingerprint density at radius 3 is 2.24 bits per heavy atom. The highest BCUT2D eigenvalue weighted by atomic mass is 35.5. The number of benzene rings is 2. The van der Waals surface area contributed by atoms with E-state index in [1.807, 2.05) is 39.0 Å². The first-order chi connectivity index (χ1) is 13.8. The number of quaternary nitrogens is 1. The van der Waals surface area contributed by atoms with E-state index in [1.54, 1.807) is 25.3 Å². The normalized spacial score (nSPS) is 11.8. The van der Waals surface area contributed by atoms with E-state index in [0.29, 0.717) is 23.9 Å². The van der Waals surface area contributed by atoms with E-state index in [1.165, 1.54) is 0 Å². The van der Waals surface area contributed by atoms with Gasteiger partial charge < -0.3 is 20.3 Å². The zero-order valence-corrected chi connectivity index (χ0v) is 18.2. The van der Waals surface area contributed by atoms with E-state index < -0.39 is 0 Å². The number of halogens is 1. The molecule has 2 aromatic rings. The molecule has 0 fully saturated rings. The largest absolute Gasteiger partial charge is 0.379 e. The Labute approximate surface area is 177 Å². The van der Waals surface area contributed by atoms with Crippen LogP contribution in [0.5, 0.6) is 0 Å². The Kier molecular flexibility index (Phi) is 8.64. The fourth-order valence-corrected chi connectivity index (χ4v) is 3.21. The van der Waals surface area contributed by atoms with E-state index >= 15 is 0 Å². The van der Waals surface area contributed by atoms with Crippen molar-refractivity contribution in [2.75, 3.05) is 44.0 Å². The number of carbonyl (C=O) groups excluding carboxylic acids is 2. The molecule has 0 aromatic heterocycles. The molecule has 0 aliphatic rings. The van der Waals surface area contributed by atoms with Crippen LogP contribution in [0.1, 0.15) is 16.7 Å². The first-order valence-corrected chi connectivity index (χ1v) is 9.92. The van der Waals surface area contributed by atoms with Crippen LogP contribution in [0.15, 0.2) is 36.4 Å². The predicted octanol–water partition coefficient (Wildman–Crippen LogP) is 2.37. The van der Waals surface area contributed by atoms with Crippen LogP contribution >= 0.6 is 11.6 Å². The lowest BCUT2D eigenvalue weighted by molar-refractivity contribution is -0.883. The molecular weight excluding hydrogens is 390 g/mol. The molecular formula is C22H29ClN3O3+. The summed E-state index contributed by atoms with van der Waals surface area (Å²) in [6, 6.07) is 11.1. The summed E-state index contributed by atoms with van der Waals surface area (Å²) < 4.78 is 5.14. The van der Waals surface area contributed by atoms with Gasteiger partial charge in [0.05, 0.1) is 6.61 Å². The monoisotopic (exact) mass is 418 g/mol. The van der Waals surface area contributed by atoms with Crippen LogP contribution in [0.4, 0.5) is 11.4 Å². The van der Waals surface area contributed by atoms with Gasteiger partial charge in [-0.3, -0.25) is 9.59 Å². The van der Waals surface area contributed by atoms with Crippen molar-refractivity contribution in [1.82, 2.24) is 0 Å². The molecule has 7 heteroatoms. The van der Waals surface area contributed by atoms with E-state index in [-0.39, 0.29) is 24.9 Å². The van der Waals surface area contributed by atoms with Gasteiger partial charge >= 0.3 is 0 Å². The van der Waals surface area contributed by atoms with Crippen LogP contribution < -0.4 is 15.5 Å². The number of hydrogen-bond acceptors (Lipinski definition) is 3. The Balaban J connectivity index is 1.99. The summed E-state index contributed by atoms with van der Waals surface area (Å²) in [4.78, 5) is 25.9. The highest BCUT2D eigenvalue weighted by molar-refractivity contribution is 6.30. The van der Waals surface area contributed by atoms with Crippen molar-refractivity contribution in [3.05, 3.63) is 58.1 Å². The lowest BCUT2D eigenvalue weighted by Gasteiger charge is -2.19. The quantitative estimate of drug-likeness (QED) is 0.585. The van der Waals surface area contributed by atoms with Gasteiger partial charge in [-0.2, -0.15) is 0 Å². The molecule has 1 unspecified atom stereocenters. The summed E-state index contributed by atoms with van der Waals surface area (Å²) in [6.45, 7) is 7.19. The van der Waals surface area contributed by atoms with Gasteiger partial charge in [-0.25, -0.2) is 0 Å². The molecule has 0 heterocycles. The zero-order chi connectivity index (χ0) is 21.4. The van der Waals surface area contributed by atoms with Crippen molar-refractivity contribution >= 4 is 34.8 Å². The van der Waals surface area contributed by atoms with Gasteiger partial charge in [-0.1, -0.05) is 23.7 Å². The summed E-state index contributed by atoms with van der Waals surface area (Å²) in [5.74, 6) is -0.304. The standard InChI is InChI=1S/C22H28ClN3O3/c1-15-6-5-7-20(17(15)3)25-22(28)14-26(10-11-29-4)13-21(27)24-19-9-8-18(23)12-16(19)2/h5-9,12H,10-11,13-14H2,1-4H3,(H,24,27)(H,25,28)/p+1. The van der Waals surface area contributed by atoms with Crippen molar-refractivity contribution in [1.29, 1.82) is 0 Å². The molecule has 3 N–H and O–H groups in total. The van der Waals surface area contributed by atoms with Crippen molar-refractivity contribution in [2.24, 2.45) is 0 Å². The van der Waals surface area contributed by atoms with Crippen LogP contribution in [0.25, 0.3) is 0 Å². The number of aryl methyl sites for hydroxylation is 2. The second kappa shape index (κ2) is 11.0. The minimum absolute atomic E-state index is 0.139. The van der Waals surface area contributed by atoms with Crippen LogP contribution in [0.3, 0.4) is 0 Å². The van der Waals surface area contributed by atoms with Crippen LogP contribution in [-0.2, 0) is 14.3 Å². The number of nitrogens with one attached hydrogen (secondary N) is 3. The van der Waals surface area contributed by atoms with Gasteiger partial charge in [0.15, 0.2) is 13.1 Å². The predicted molar refractivity (Wildman–Crippen MR) is 117 cm³/mol. The van der Waals surface area contributed by atoms with Gasteiger partial charge in [0.1, 0.15) is 6.54 Å². The number of hydrogen-bond donors (Lipinski definition) is 3. The summed E-state index contributed by atoms with van der Waals surface area (Å²) in [6.07, 6.45) is 0. The second-order valence-electron chi connectivity index (χ2n) is 7.15. The number of rotatable bonds is 9. The van der Waals surface area contributed by atoms with Crippen molar-refractivity contribution < 1.29 is 19.2 Å². The number of ether oxygens (including phenoxy) is 1. The Bertz CT molecular complexity index is 870. The lowest BCUT2D eigenvalue weighted by atomic mass is 10.1. The van der Waals surface area contributed by atoms with Crippen molar-refractivity contribution in [2.45, 2.75) is 20.8 Å². The number of anilines is 2.